The molecule has 2 rings (SSSR count). The van der Waals surface area contributed by atoms with Crippen molar-refractivity contribution in [2.75, 3.05) is 12.3 Å². The van der Waals surface area contributed by atoms with Gasteiger partial charge in [-0.3, -0.25) is 0 Å². The van der Waals surface area contributed by atoms with Crippen LogP contribution < -0.4 is 10.5 Å². The van der Waals surface area contributed by atoms with E-state index in [1.165, 1.54) is 0 Å². The maximum Gasteiger partial charge on any atom is 0.343 e. The first-order chi connectivity index (χ1) is 10.0. The Labute approximate surface area is 123 Å². The van der Waals surface area contributed by atoms with Crippen LogP contribution in [-0.2, 0) is 4.74 Å². The van der Waals surface area contributed by atoms with Gasteiger partial charge in [-0.1, -0.05) is 0 Å². The summed E-state index contributed by atoms with van der Waals surface area (Å²) in [6.45, 7) is 5.83. The highest BCUT2D eigenvalue weighted by Gasteiger charge is 2.16. The van der Waals surface area contributed by atoms with Crippen LogP contribution >= 0.6 is 0 Å². The van der Waals surface area contributed by atoms with Crippen LogP contribution in [0.15, 0.2) is 30.5 Å². The summed E-state index contributed by atoms with van der Waals surface area (Å²) in [6, 6.07) is 6.95. The number of ether oxygens (including phenoxy) is 2. The third-order valence-corrected chi connectivity index (χ3v) is 3.04. The molecular formula is C16H18N2O3. The second-order valence-corrected chi connectivity index (χ2v) is 4.65. The van der Waals surface area contributed by atoms with Gasteiger partial charge in [-0.25, -0.2) is 9.78 Å². The molecule has 0 aliphatic heterocycles. The molecule has 0 aliphatic rings. The molecular weight excluding hydrogens is 268 g/mol. The summed E-state index contributed by atoms with van der Waals surface area (Å²) in [7, 11) is 0. The molecule has 0 fully saturated rings. The van der Waals surface area contributed by atoms with Crippen molar-refractivity contribution in [3.05, 3.63) is 47.2 Å². The number of hydrogen-bond acceptors (Lipinski definition) is 5. The molecule has 1 heterocycles. The zero-order valence-corrected chi connectivity index (χ0v) is 12.3. The maximum absolute atomic E-state index is 11.9. The minimum absolute atomic E-state index is 0.225. The largest absolute Gasteiger partial charge is 0.462 e. The second kappa shape index (κ2) is 6.26. The molecule has 0 radical (unpaired) electrons. The van der Waals surface area contributed by atoms with Gasteiger partial charge in [0.15, 0.2) is 0 Å². The first-order valence-electron chi connectivity index (χ1n) is 6.69. The van der Waals surface area contributed by atoms with Crippen LogP contribution in [0.4, 0.5) is 5.69 Å². The second-order valence-electron chi connectivity index (χ2n) is 4.65. The van der Waals surface area contributed by atoms with Crippen LogP contribution in [-0.4, -0.2) is 17.6 Å². The molecule has 0 saturated carbocycles. The standard InChI is InChI=1S/C16H18N2O3/c1-4-20-16(19)12-6-5-7-18-15(12)21-14-9-10(2)13(17)8-11(14)3/h5-9H,4,17H2,1-3H3. The first-order valence-corrected chi connectivity index (χ1v) is 6.69. The van der Waals surface area contributed by atoms with E-state index in [2.05, 4.69) is 4.98 Å². The molecule has 0 bridgehead atoms. The summed E-state index contributed by atoms with van der Waals surface area (Å²) in [5, 5.41) is 0. The van der Waals surface area contributed by atoms with E-state index < -0.39 is 5.97 Å². The number of carbonyl (C=O) groups is 1. The van der Waals surface area contributed by atoms with Gasteiger partial charge in [0.25, 0.3) is 0 Å². The molecule has 0 spiro atoms. The zero-order chi connectivity index (χ0) is 15.4. The average Bonchev–Trinajstić information content (AvgIpc) is 2.45. The van der Waals surface area contributed by atoms with E-state index in [-0.39, 0.29) is 5.88 Å². The van der Waals surface area contributed by atoms with Crippen molar-refractivity contribution in [3.63, 3.8) is 0 Å². The maximum atomic E-state index is 11.9. The van der Waals surface area contributed by atoms with Crippen molar-refractivity contribution in [1.29, 1.82) is 0 Å². The lowest BCUT2D eigenvalue weighted by molar-refractivity contribution is 0.0522. The van der Waals surface area contributed by atoms with Crippen LogP contribution in [0.3, 0.4) is 0 Å². The average molecular weight is 286 g/mol. The zero-order valence-electron chi connectivity index (χ0n) is 12.3. The Morgan fingerprint density at radius 1 is 1.29 bits per heavy atom. The predicted octanol–water partition coefficient (Wildman–Crippen LogP) is 3.25. The van der Waals surface area contributed by atoms with E-state index in [1.807, 2.05) is 26.0 Å². The van der Waals surface area contributed by atoms with Crippen LogP contribution in [0.2, 0.25) is 0 Å². The molecule has 2 N–H and O–H groups in total. The van der Waals surface area contributed by atoms with Gasteiger partial charge in [0.2, 0.25) is 5.88 Å². The number of aromatic nitrogens is 1. The van der Waals surface area contributed by atoms with Crippen LogP contribution in [0.25, 0.3) is 0 Å². The molecule has 0 amide bonds. The number of hydrogen-bond donors (Lipinski definition) is 1. The Bertz CT molecular complexity index is 669. The number of nitrogens with zero attached hydrogens (tertiary/aromatic N) is 1. The van der Waals surface area contributed by atoms with Crippen LogP contribution in [0.5, 0.6) is 11.6 Å². The Morgan fingerprint density at radius 2 is 2.05 bits per heavy atom. The minimum atomic E-state index is -0.453. The molecule has 21 heavy (non-hydrogen) atoms. The highest BCUT2D eigenvalue weighted by molar-refractivity contribution is 5.91. The van der Waals surface area contributed by atoms with Crippen molar-refractivity contribution < 1.29 is 14.3 Å². The van der Waals surface area contributed by atoms with E-state index in [0.717, 1.165) is 11.1 Å². The Balaban J connectivity index is 2.36. The van der Waals surface area contributed by atoms with E-state index >= 15 is 0 Å². The quantitative estimate of drug-likeness (QED) is 0.689. The number of carbonyl (C=O) groups excluding carboxylic acids is 1. The van der Waals surface area contributed by atoms with Gasteiger partial charge < -0.3 is 15.2 Å². The molecule has 1 aromatic carbocycles. The van der Waals surface area contributed by atoms with Crippen molar-refractivity contribution in [3.8, 4) is 11.6 Å². The van der Waals surface area contributed by atoms with Gasteiger partial charge in [-0.2, -0.15) is 0 Å². The summed E-state index contributed by atoms with van der Waals surface area (Å²) in [4.78, 5) is 16.0. The van der Waals surface area contributed by atoms with E-state index in [0.29, 0.717) is 23.6 Å². The van der Waals surface area contributed by atoms with Gasteiger partial charge >= 0.3 is 5.97 Å². The number of esters is 1. The molecule has 5 nitrogen and oxygen atoms in total. The monoisotopic (exact) mass is 286 g/mol. The summed E-state index contributed by atoms with van der Waals surface area (Å²) in [5.41, 5.74) is 8.64. The normalized spacial score (nSPS) is 10.2. The van der Waals surface area contributed by atoms with Crippen molar-refractivity contribution in [1.82, 2.24) is 4.98 Å². The Hall–Kier alpha value is -2.56. The van der Waals surface area contributed by atoms with E-state index in [4.69, 9.17) is 15.2 Å². The number of nitrogen functional groups attached to an aromatic ring is 1. The van der Waals surface area contributed by atoms with E-state index in [1.54, 1.807) is 25.3 Å². The van der Waals surface area contributed by atoms with Crippen LogP contribution in [0, 0.1) is 13.8 Å². The van der Waals surface area contributed by atoms with Gasteiger partial charge in [0.05, 0.1) is 6.61 Å². The fourth-order valence-electron chi connectivity index (χ4n) is 1.86. The number of nitrogens with two attached hydrogens (primary N) is 1. The summed E-state index contributed by atoms with van der Waals surface area (Å²) in [6.07, 6.45) is 1.57. The lowest BCUT2D eigenvalue weighted by Gasteiger charge is -2.12. The number of aryl methyl sites for hydroxylation is 2. The van der Waals surface area contributed by atoms with Crippen molar-refractivity contribution >= 4 is 11.7 Å². The van der Waals surface area contributed by atoms with Gasteiger partial charge in [-0.05, 0) is 56.2 Å². The number of rotatable bonds is 4. The van der Waals surface area contributed by atoms with Crippen LogP contribution in [0.1, 0.15) is 28.4 Å². The van der Waals surface area contributed by atoms with Gasteiger partial charge in [-0.15, -0.1) is 0 Å². The van der Waals surface area contributed by atoms with Gasteiger partial charge in [0, 0.05) is 11.9 Å². The lowest BCUT2D eigenvalue weighted by Crippen LogP contribution is -2.07. The molecule has 0 atom stereocenters. The molecule has 5 heteroatoms. The third-order valence-electron chi connectivity index (χ3n) is 3.04. The topological polar surface area (TPSA) is 74.4 Å². The Kier molecular flexibility index (Phi) is 4.42. The number of benzene rings is 1. The van der Waals surface area contributed by atoms with Crippen molar-refractivity contribution in [2.24, 2.45) is 0 Å². The summed E-state index contributed by atoms with van der Waals surface area (Å²) >= 11 is 0. The highest BCUT2D eigenvalue weighted by atomic mass is 16.5. The highest BCUT2D eigenvalue weighted by Crippen LogP contribution is 2.29. The smallest absolute Gasteiger partial charge is 0.343 e. The molecule has 0 aliphatic carbocycles. The first kappa shape index (κ1) is 14.8. The van der Waals surface area contributed by atoms with Gasteiger partial charge in [0.1, 0.15) is 11.3 Å². The SMILES string of the molecule is CCOC(=O)c1cccnc1Oc1cc(C)c(N)cc1C. The minimum Gasteiger partial charge on any atom is -0.462 e. The van der Waals surface area contributed by atoms with E-state index in [9.17, 15) is 4.79 Å². The fraction of sp³-hybridized carbons (Fsp3) is 0.250. The number of pyridine rings is 1. The third kappa shape index (κ3) is 3.31. The Morgan fingerprint density at radius 3 is 2.76 bits per heavy atom. The lowest BCUT2D eigenvalue weighted by atomic mass is 10.1. The molecule has 0 unspecified atom stereocenters. The summed E-state index contributed by atoms with van der Waals surface area (Å²) < 4.78 is 10.8. The summed E-state index contributed by atoms with van der Waals surface area (Å²) in [5.74, 6) is 0.389. The molecule has 0 saturated heterocycles. The molecule has 110 valence electrons. The number of anilines is 1. The van der Waals surface area contributed by atoms with Crippen molar-refractivity contribution in [2.45, 2.75) is 20.8 Å². The fourth-order valence-corrected chi connectivity index (χ4v) is 1.86. The molecule has 2 aromatic rings. The predicted molar refractivity (Wildman–Crippen MR) is 80.6 cm³/mol. The molecule has 1 aromatic heterocycles.